The lowest BCUT2D eigenvalue weighted by molar-refractivity contribution is -0.122. The van der Waals surface area contributed by atoms with Crippen molar-refractivity contribution in [2.24, 2.45) is 5.92 Å². The van der Waals surface area contributed by atoms with Crippen LogP contribution in [0, 0.1) is 5.92 Å². The Hall–Kier alpha value is -0.860. The maximum absolute atomic E-state index is 11.3. The molecule has 0 rings (SSSR count). The van der Waals surface area contributed by atoms with Gasteiger partial charge in [0.05, 0.1) is 0 Å². The third-order valence-corrected chi connectivity index (χ3v) is 2.39. The van der Waals surface area contributed by atoms with E-state index in [4.69, 9.17) is 0 Å². The molecule has 0 radical (unpaired) electrons. The number of hydrogen-bond donors (Lipinski definition) is 1. The molecule has 1 N–H and O–H groups in total. The SMILES string of the molecule is CCC(=O)NCCCCCC(=O)C(C)C. The molecule has 0 saturated carbocycles. The smallest absolute Gasteiger partial charge is 0.219 e. The molecule has 0 spiro atoms. The van der Waals surface area contributed by atoms with Crippen LogP contribution in [0.15, 0.2) is 0 Å². The fourth-order valence-electron chi connectivity index (χ4n) is 1.24. The molecule has 0 aromatic carbocycles. The average Bonchev–Trinajstić information content (AvgIpc) is 2.22. The van der Waals surface area contributed by atoms with Crippen LogP contribution < -0.4 is 5.32 Å². The molecule has 1 amide bonds. The molecule has 0 unspecified atom stereocenters. The fourth-order valence-corrected chi connectivity index (χ4v) is 1.24. The Morgan fingerprint density at radius 1 is 1.13 bits per heavy atom. The van der Waals surface area contributed by atoms with Gasteiger partial charge in [-0.3, -0.25) is 9.59 Å². The molecule has 0 aromatic heterocycles. The first kappa shape index (κ1) is 14.1. The number of amides is 1. The van der Waals surface area contributed by atoms with E-state index in [0.29, 0.717) is 18.6 Å². The van der Waals surface area contributed by atoms with Gasteiger partial charge in [-0.05, 0) is 12.8 Å². The predicted octanol–water partition coefficient (Wildman–Crippen LogP) is 2.30. The quantitative estimate of drug-likeness (QED) is 0.629. The normalized spacial score (nSPS) is 10.4. The lowest BCUT2D eigenvalue weighted by atomic mass is 10.0. The predicted molar refractivity (Wildman–Crippen MR) is 61.6 cm³/mol. The summed E-state index contributed by atoms with van der Waals surface area (Å²) in [6.45, 7) is 6.45. The van der Waals surface area contributed by atoms with Gasteiger partial charge in [0.1, 0.15) is 5.78 Å². The van der Waals surface area contributed by atoms with Gasteiger partial charge in [-0.2, -0.15) is 0 Å². The van der Waals surface area contributed by atoms with E-state index in [1.54, 1.807) is 0 Å². The molecule has 0 saturated heterocycles. The molecule has 0 bridgehead atoms. The number of hydrogen-bond acceptors (Lipinski definition) is 2. The van der Waals surface area contributed by atoms with Crippen molar-refractivity contribution in [2.75, 3.05) is 6.54 Å². The van der Waals surface area contributed by atoms with E-state index < -0.39 is 0 Å². The molecule has 0 aliphatic heterocycles. The largest absolute Gasteiger partial charge is 0.356 e. The third-order valence-electron chi connectivity index (χ3n) is 2.39. The van der Waals surface area contributed by atoms with E-state index >= 15 is 0 Å². The molecule has 0 aliphatic carbocycles. The minimum absolute atomic E-state index is 0.105. The van der Waals surface area contributed by atoms with Gasteiger partial charge < -0.3 is 5.32 Å². The van der Waals surface area contributed by atoms with Crippen LogP contribution in [-0.2, 0) is 9.59 Å². The number of ketones is 1. The molecule has 88 valence electrons. The van der Waals surface area contributed by atoms with Crippen LogP contribution >= 0.6 is 0 Å². The van der Waals surface area contributed by atoms with Gasteiger partial charge in [-0.25, -0.2) is 0 Å². The zero-order valence-electron chi connectivity index (χ0n) is 10.1. The van der Waals surface area contributed by atoms with Crippen molar-refractivity contribution in [3.8, 4) is 0 Å². The van der Waals surface area contributed by atoms with Crippen LogP contribution in [0.4, 0.5) is 0 Å². The van der Waals surface area contributed by atoms with Crippen molar-refractivity contribution in [3.63, 3.8) is 0 Å². The minimum atomic E-state index is 0.105. The van der Waals surface area contributed by atoms with Crippen LogP contribution in [0.25, 0.3) is 0 Å². The first-order valence-corrected chi connectivity index (χ1v) is 5.87. The Bertz CT molecular complexity index is 200. The molecule has 3 heteroatoms. The summed E-state index contributed by atoms with van der Waals surface area (Å²) >= 11 is 0. The zero-order chi connectivity index (χ0) is 11.7. The van der Waals surface area contributed by atoms with Crippen molar-refractivity contribution in [2.45, 2.75) is 52.9 Å². The number of rotatable bonds is 8. The van der Waals surface area contributed by atoms with Gasteiger partial charge in [0.2, 0.25) is 5.91 Å². The van der Waals surface area contributed by atoms with Crippen LogP contribution in [0.5, 0.6) is 0 Å². The standard InChI is InChI=1S/C12H23NO2/c1-4-12(15)13-9-7-5-6-8-11(14)10(2)3/h10H,4-9H2,1-3H3,(H,13,15). The van der Waals surface area contributed by atoms with E-state index in [0.717, 1.165) is 25.8 Å². The molecule has 0 atom stereocenters. The van der Waals surface area contributed by atoms with Gasteiger partial charge in [-0.1, -0.05) is 27.2 Å². The highest BCUT2D eigenvalue weighted by Crippen LogP contribution is 2.05. The lowest BCUT2D eigenvalue weighted by Crippen LogP contribution is -2.23. The van der Waals surface area contributed by atoms with Crippen molar-refractivity contribution in [1.82, 2.24) is 5.32 Å². The number of Topliss-reactive ketones (excluding diaryl/α,β-unsaturated/α-hetero) is 1. The number of carbonyl (C=O) groups is 2. The Balaban J connectivity index is 3.25. The Morgan fingerprint density at radius 3 is 2.33 bits per heavy atom. The fraction of sp³-hybridized carbons (Fsp3) is 0.833. The molecule has 15 heavy (non-hydrogen) atoms. The first-order valence-electron chi connectivity index (χ1n) is 5.87. The summed E-state index contributed by atoms with van der Waals surface area (Å²) in [5.41, 5.74) is 0. The topological polar surface area (TPSA) is 46.2 Å². The summed E-state index contributed by atoms with van der Waals surface area (Å²) in [5.74, 6) is 0.602. The van der Waals surface area contributed by atoms with E-state index in [1.807, 2.05) is 20.8 Å². The molecule has 0 aromatic rings. The van der Waals surface area contributed by atoms with Gasteiger partial charge in [0.15, 0.2) is 0 Å². The summed E-state index contributed by atoms with van der Waals surface area (Å²) in [7, 11) is 0. The van der Waals surface area contributed by atoms with Gasteiger partial charge in [-0.15, -0.1) is 0 Å². The molecule has 3 nitrogen and oxygen atoms in total. The van der Waals surface area contributed by atoms with Crippen molar-refractivity contribution < 1.29 is 9.59 Å². The van der Waals surface area contributed by atoms with Crippen LogP contribution in [0.3, 0.4) is 0 Å². The summed E-state index contributed by atoms with van der Waals surface area (Å²) in [6, 6.07) is 0. The Morgan fingerprint density at radius 2 is 1.80 bits per heavy atom. The average molecular weight is 213 g/mol. The number of carbonyl (C=O) groups excluding carboxylic acids is 2. The van der Waals surface area contributed by atoms with E-state index in [-0.39, 0.29) is 11.8 Å². The highest BCUT2D eigenvalue weighted by atomic mass is 16.1. The lowest BCUT2D eigenvalue weighted by Gasteiger charge is -2.04. The summed E-state index contributed by atoms with van der Waals surface area (Å²) in [4.78, 5) is 22.1. The number of nitrogens with one attached hydrogen (secondary N) is 1. The second kappa shape index (κ2) is 8.45. The van der Waals surface area contributed by atoms with Crippen molar-refractivity contribution in [3.05, 3.63) is 0 Å². The summed E-state index contributed by atoms with van der Waals surface area (Å²) in [6.07, 6.45) is 4.16. The van der Waals surface area contributed by atoms with Gasteiger partial charge >= 0.3 is 0 Å². The maximum atomic E-state index is 11.3. The molecular formula is C12H23NO2. The molecule has 0 aliphatic rings. The Kier molecular flexibility index (Phi) is 7.96. The summed E-state index contributed by atoms with van der Waals surface area (Å²) in [5, 5.41) is 2.82. The first-order chi connectivity index (χ1) is 7.07. The minimum Gasteiger partial charge on any atom is -0.356 e. The summed E-state index contributed by atoms with van der Waals surface area (Å²) < 4.78 is 0. The number of unbranched alkanes of at least 4 members (excludes halogenated alkanes) is 2. The van der Waals surface area contributed by atoms with Gasteiger partial charge in [0.25, 0.3) is 0 Å². The van der Waals surface area contributed by atoms with Crippen molar-refractivity contribution in [1.29, 1.82) is 0 Å². The second-order valence-electron chi connectivity index (χ2n) is 4.14. The van der Waals surface area contributed by atoms with Crippen LogP contribution in [0.2, 0.25) is 0 Å². The van der Waals surface area contributed by atoms with E-state index in [1.165, 1.54) is 0 Å². The highest BCUT2D eigenvalue weighted by molar-refractivity contribution is 5.80. The molecule has 0 fully saturated rings. The monoisotopic (exact) mass is 213 g/mol. The van der Waals surface area contributed by atoms with E-state index in [9.17, 15) is 9.59 Å². The second-order valence-corrected chi connectivity index (χ2v) is 4.14. The Labute approximate surface area is 92.6 Å². The van der Waals surface area contributed by atoms with Gasteiger partial charge in [0, 0.05) is 25.3 Å². The van der Waals surface area contributed by atoms with E-state index in [2.05, 4.69) is 5.32 Å². The zero-order valence-corrected chi connectivity index (χ0v) is 10.1. The van der Waals surface area contributed by atoms with Crippen LogP contribution in [0.1, 0.15) is 52.9 Å². The molecule has 0 heterocycles. The maximum Gasteiger partial charge on any atom is 0.219 e. The van der Waals surface area contributed by atoms with Crippen molar-refractivity contribution >= 4 is 11.7 Å². The highest BCUT2D eigenvalue weighted by Gasteiger charge is 2.05. The van der Waals surface area contributed by atoms with Crippen LogP contribution in [-0.4, -0.2) is 18.2 Å². The molecular weight excluding hydrogens is 190 g/mol. The third kappa shape index (κ3) is 8.16.